The Bertz CT molecular complexity index is 1210. The molecule has 140 valence electrons. The fourth-order valence-electron chi connectivity index (χ4n) is 2.52. The summed E-state index contributed by atoms with van der Waals surface area (Å²) < 4.78 is 2.83. The van der Waals surface area contributed by atoms with Crippen LogP contribution < -0.4 is 16.7 Å². The van der Waals surface area contributed by atoms with Gasteiger partial charge in [-0.1, -0.05) is 12.1 Å². The van der Waals surface area contributed by atoms with Gasteiger partial charge in [0.25, 0.3) is 5.91 Å². The van der Waals surface area contributed by atoms with E-state index in [1.165, 1.54) is 11.3 Å². The number of hydrogen-bond acceptors (Lipinski definition) is 7. The van der Waals surface area contributed by atoms with Crippen molar-refractivity contribution in [2.24, 2.45) is 5.73 Å². The number of hydrogen-bond donors (Lipinski definition) is 2. The summed E-state index contributed by atoms with van der Waals surface area (Å²) in [5, 5.41) is 10.4. The summed E-state index contributed by atoms with van der Waals surface area (Å²) in [7, 11) is 0. The Morgan fingerprint density at radius 1 is 1.07 bits per heavy atom. The quantitative estimate of drug-likeness (QED) is 0.512. The van der Waals surface area contributed by atoms with E-state index in [-0.39, 0.29) is 12.5 Å². The summed E-state index contributed by atoms with van der Waals surface area (Å²) in [4.78, 5) is 39.8. The molecular formula is C17H13N7O3S. The van der Waals surface area contributed by atoms with E-state index in [2.05, 4.69) is 20.7 Å². The van der Waals surface area contributed by atoms with Gasteiger partial charge in [-0.25, -0.2) is 9.78 Å². The highest BCUT2D eigenvalue weighted by Crippen LogP contribution is 2.22. The summed E-state index contributed by atoms with van der Waals surface area (Å²) in [6, 6.07) is 14.0. The van der Waals surface area contributed by atoms with Crippen molar-refractivity contribution in [3.8, 4) is 5.69 Å². The predicted octanol–water partition coefficient (Wildman–Crippen LogP) is 0.776. The zero-order chi connectivity index (χ0) is 19.7. The normalized spacial score (nSPS) is 10.9. The number of aromatic nitrogens is 5. The summed E-state index contributed by atoms with van der Waals surface area (Å²) in [5.74, 6) is -1.01. The monoisotopic (exact) mass is 395 g/mol. The molecule has 0 saturated carbocycles. The number of anilines is 1. The average molecular weight is 395 g/mol. The number of benzene rings is 2. The van der Waals surface area contributed by atoms with Crippen LogP contribution in [0.1, 0.15) is 9.80 Å². The zero-order valence-electron chi connectivity index (χ0n) is 14.3. The molecule has 0 spiro atoms. The topological polar surface area (TPSA) is 138 Å². The number of rotatable bonds is 5. The second kappa shape index (κ2) is 7.04. The molecule has 3 N–H and O–H groups in total. The van der Waals surface area contributed by atoms with Crippen LogP contribution in [0.3, 0.4) is 0 Å². The van der Waals surface area contributed by atoms with Crippen LogP contribution in [0.25, 0.3) is 15.9 Å². The number of tetrazole rings is 1. The number of nitrogens with two attached hydrogens (primary N) is 1. The largest absolute Gasteiger partial charge is 0.368 e. The van der Waals surface area contributed by atoms with E-state index in [9.17, 15) is 14.4 Å². The molecule has 0 fully saturated rings. The Hall–Kier alpha value is -3.86. The molecule has 2 heterocycles. The fourth-order valence-corrected chi connectivity index (χ4v) is 3.38. The van der Waals surface area contributed by atoms with Gasteiger partial charge in [0.15, 0.2) is 5.01 Å². The van der Waals surface area contributed by atoms with Crippen molar-refractivity contribution in [3.05, 3.63) is 64.0 Å². The van der Waals surface area contributed by atoms with Gasteiger partial charge in [0.1, 0.15) is 6.54 Å². The minimum absolute atomic E-state index is 0.321. The number of amides is 2. The SMILES string of the molecule is NC(=O)Cn1nnn(-c2ccc(NC(=O)c3nc4ccccc4s3)cc2)c1=O. The highest BCUT2D eigenvalue weighted by molar-refractivity contribution is 7.20. The summed E-state index contributed by atoms with van der Waals surface area (Å²) in [5.41, 5.74) is 6.20. The van der Waals surface area contributed by atoms with Gasteiger partial charge >= 0.3 is 5.69 Å². The first-order chi connectivity index (χ1) is 13.5. The number of para-hydroxylation sites is 1. The lowest BCUT2D eigenvalue weighted by molar-refractivity contribution is -0.118. The van der Waals surface area contributed by atoms with Crippen LogP contribution in [-0.2, 0) is 11.3 Å². The molecule has 11 heteroatoms. The number of carbonyl (C=O) groups excluding carboxylic acids is 2. The second-order valence-electron chi connectivity index (χ2n) is 5.78. The van der Waals surface area contributed by atoms with Crippen LogP contribution in [0.15, 0.2) is 53.3 Å². The summed E-state index contributed by atoms with van der Waals surface area (Å²) in [6.07, 6.45) is 0. The minimum Gasteiger partial charge on any atom is -0.368 e. The molecule has 0 aliphatic carbocycles. The van der Waals surface area contributed by atoms with E-state index < -0.39 is 11.6 Å². The molecule has 0 radical (unpaired) electrons. The van der Waals surface area contributed by atoms with Crippen LogP contribution in [0, 0.1) is 0 Å². The first-order valence-corrected chi connectivity index (χ1v) is 8.91. The maximum absolute atomic E-state index is 12.4. The van der Waals surface area contributed by atoms with Crippen LogP contribution in [0.2, 0.25) is 0 Å². The number of nitrogens with zero attached hydrogens (tertiary/aromatic N) is 5. The lowest BCUT2D eigenvalue weighted by Gasteiger charge is -2.04. The Kier molecular flexibility index (Phi) is 4.41. The highest BCUT2D eigenvalue weighted by Gasteiger charge is 2.13. The second-order valence-corrected chi connectivity index (χ2v) is 6.82. The molecule has 28 heavy (non-hydrogen) atoms. The van der Waals surface area contributed by atoms with Crippen molar-refractivity contribution in [1.29, 1.82) is 0 Å². The maximum atomic E-state index is 12.4. The first-order valence-electron chi connectivity index (χ1n) is 8.10. The van der Waals surface area contributed by atoms with E-state index in [0.717, 1.165) is 19.6 Å². The average Bonchev–Trinajstić information content (AvgIpc) is 3.26. The smallest absolute Gasteiger partial charge is 0.368 e. The Morgan fingerprint density at radius 3 is 2.54 bits per heavy atom. The van der Waals surface area contributed by atoms with Gasteiger partial charge in [0.2, 0.25) is 5.91 Å². The Morgan fingerprint density at radius 2 is 1.82 bits per heavy atom. The third kappa shape index (κ3) is 3.38. The predicted molar refractivity (Wildman–Crippen MR) is 102 cm³/mol. The molecule has 2 aromatic heterocycles. The third-order valence-corrected chi connectivity index (χ3v) is 4.84. The van der Waals surface area contributed by atoms with Crippen molar-refractivity contribution in [2.75, 3.05) is 5.32 Å². The third-order valence-electron chi connectivity index (χ3n) is 3.80. The molecule has 2 amide bonds. The van der Waals surface area contributed by atoms with Crippen molar-refractivity contribution < 1.29 is 9.59 Å². The van der Waals surface area contributed by atoms with Crippen molar-refractivity contribution in [3.63, 3.8) is 0 Å². The number of fused-ring (bicyclic) bond motifs is 1. The van der Waals surface area contributed by atoms with Gasteiger partial charge < -0.3 is 11.1 Å². The van der Waals surface area contributed by atoms with Crippen molar-refractivity contribution >= 4 is 39.1 Å². The fraction of sp³-hybridized carbons (Fsp3) is 0.0588. The van der Waals surface area contributed by atoms with Crippen LogP contribution in [0.4, 0.5) is 5.69 Å². The lowest BCUT2D eigenvalue weighted by atomic mass is 10.3. The van der Waals surface area contributed by atoms with E-state index in [1.807, 2.05) is 24.3 Å². The maximum Gasteiger partial charge on any atom is 0.368 e. The lowest BCUT2D eigenvalue weighted by Crippen LogP contribution is -2.30. The number of nitrogens with one attached hydrogen (secondary N) is 1. The molecule has 0 bridgehead atoms. The standard InChI is InChI=1S/C17H13N7O3S/c18-14(25)9-23-17(27)24(22-21-23)11-7-5-10(6-8-11)19-15(26)16-20-12-3-1-2-4-13(12)28-16/h1-8H,9H2,(H2,18,25)(H,19,26). The van der Waals surface area contributed by atoms with Crippen LogP contribution >= 0.6 is 11.3 Å². The van der Waals surface area contributed by atoms with Gasteiger partial charge in [-0.15, -0.1) is 11.3 Å². The summed E-state index contributed by atoms with van der Waals surface area (Å²) in [6.45, 7) is -0.352. The van der Waals surface area contributed by atoms with Crippen molar-refractivity contribution in [2.45, 2.75) is 6.54 Å². The molecule has 2 aromatic carbocycles. The molecule has 0 saturated heterocycles. The van der Waals surface area contributed by atoms with Crippen molar-refractivity contribution in [1.82, 2.24) is 24.8 Å². The molecule has 0 atom stereocenters. The molecule has 4 rings (SSSR count). The molecule has 0 aliphatic heterocycles. The minimum atomic E-state index is -0.693. The summed E-state index contributed by atoms with van der Waals surface area (Å²) >= 11 is 1.31. The number of thiazole rings is 1. The first kappa shape index (κ1) is 17.5. The molecule has 0 aliphatic rings. The van der Waals surface area contributed by atoms with Gasteiger partial charge in [0.05, 0.1) is 15.9 Å². The van der Waals surface area contributed by atoms with E-state index >= 15 is 0 Å². The van der Waals surface area contributed by atoms with Gasteiger partial charge in [0, 0.05) is 5.69 Å². The molecule has 0 unspecified atom stereocenters. The number of carbonyl (C=O) groups is 2. The van der Waals surface area contributed by atoms with Gasteiger partial charge in [-0.2, -0.15) is 9.36 Å². The Balaban J connectivity index is 1.52. The highest BCUT2D eigenvalue weighted by atomic mass is 32.1. The zero-order valence-corrected chi connectivity index (χ0v) is 15.1. The molecule has 10 nitrogen and oxygen atoms in total. The van der Waals surface area contributed by atoms with E-state index in [4.69, 9.17) is 5.73 Å². The van der Waals surface area contributed by atoms with Crippen LogP contribution in [0.5, 0.6) is 0 Å². The van der Waals surface area contributed by atoms with Gasteiger partial charge in [-0.05, 0) is 46.8 Å². The number of primary amides is 1. The van der Waals surface area contributed by atoms with E-state index in [1.54, 1.807) is 24.3 Å². The van der Waals surface area contributed by atoms with E-state index in [0.29, 0.717) is 16.4 Å². The van der Waals surface area contributed by atoms with Gasteiger partial charge in [-0.3, -0.25) is 9.59 Å². The molecular weight excluding hydrogens is 382 g/mol. The molecule has 4 aromatic rings. The Labute approximate surface area is 161 Å². The van der Waals surface area contributed by atoms with Crippen LogP contribution in [-0.4, -0.2) is 36.6 Å².